The molecular formula is C15H20N4O2. The summed E-state index contributed by atoms with van der Waals surface area (Å²) < 4.78 is 7.19. The molecule has 0 bridgehead atoms. The molecule has 0 amide bonds. The maximum absolute atomic E-state index is 10.4. The number of nitrogens with two attached hydrogens (primary N) is 1. The monoisotopic (exact) mass is 288 g/mol. The van der Waals surface area contributed by atoms with Crippen LogP contribution in [0.15, 0.2) is 36.9 Å². The number of hydrogen-bond donors (Lipinski definition) is 2. The number of aliphatic hydroxyl groups excluding tert-OH is 1. The summed E-state index contributed by atoms with van der Waals surface area (Å²) in [6.07, 6.45) is 4.72. The van der Waals surface area contributed by atoms with E-state index in [-0.39, 0.29) is 0 Å². The Morgan fingerprint density at radius 2 is 2.14 bits per heavy atom. The molecule has 6 nitrogen and oxygen atoms in total. The number of benzene rings is 1. The molecule has 1 aliphatic rings. The Morgan fingerprint density at radius 1 is 1.33 bits per heavy atom. The molecule has 1 saturated heterocycles. The smallest absolute Gasteiger partial charge is 0.0991 e. The summed E-state index contributed by atoms with van der Waals surface area (Å²) >= 11 is 0. The Kier molecular flexibility index (Phi) is 4.19. The average Bonchev–Trinajstić information content (AvgIpc) is 3.02. The van der Waals surface area contributed by atoms with Gasteiger partial charge in [0.1, 0.15) is 0 Å². The van der Waals surface area contributed by atoms with Gasteiger partial charge in [0.2, 0.25) is 0 Å². The van der Waals surface area contributed by atoms with Crippen molar-refractivity contribution in [2.24, 2.45) is 0 Å². The third-order valence-electron chi connectivity index (χ3n) is 3.77. The van der Waals surface area contributed by atoms with Crippen molar-refractivity contribution >= 4 is 5.69 Å². The lowest BCUT2D eigenvalue weighted by Gasteiger charge is -2.29. The van der Waals surface area contributed by atoms with Crippen molar-refractivity contribution < 1.29 is 9.84 Å². The van der Waals surface area contributed by atoms with Gasteiger partial charge in [0.25, 0.3) is 0 Å². The van der Waals surface area contributed by atoms with Crippen LogP contribution in [0.2, 0.25) is 0 Å². The Bertz CT molecular complexity index is 579. The van der Waals surface area contributed by atoms with Crippen LogP contribution in [0, 0.1) is 0 Å². The number of nitrogen functional groups attached to an aromatic ring is 1. The molecule has 2 heterocycles. The van der Waals surface area contributed by atoms with E-state index in [1.807, 2.05) is 29.0 Å². The number of anilines is 1. The Balaban J connectivity index is 1.72. The molecule has 1 aliphatic heterocycles. The van der Waals surface area contributed by atoms with Gasteiger partial charge >= 0.3 is 0 Å². The predicted molar refractivity (Wildman–Crippen MR) is 80.2 cm³/mol. The number of hydrogen-bond acceptors (Lipinski definition) is 5. The van der Waals surface area contributed by atoms with Gasteiger partial charge in [-0.15, -0.1) is 0 Å². The molecule has 1 atom stereocenters. The van der Waals surface area contributed by atoms with Crippen LogP contribution >= 0.6 is 0 Å². The van der Waals surface area contributed by atoms with Crippen LogP contribution in [0.25, 0.3) is 5.69 Å². The minimum absolute atomic E-state index is 0.581. The highest BCUT2D eigenvalue weighted by atomic mass is 16.5. The standard InChI is InChI=1S/C15H20N4O2/c16-14-9-12(19-4-3-17-11-19)1-2-13(14)15(20)10-18-5-7-21-8-6-18/h1-4,9,11,15,20H,5-8,10,16H2. The zero-order chi connectivity index (χ0) is 14.7. The summed E-state index contributed by atoms with van der Waals surface area (Å²) in [4.78, 5) is 6.21. The van der Waals surface area contributed by atoms with E-state index in [4.69, 9.17) is 10.5 Å². The highest BCUT2D eigenvalue weighted by Crippen LogP contribution is 2.24. The maximum Gasteiger partial charge on any atom is 0.0991 e. The molecule has 1 unspecified atom stereocenters. The van der Waals surface area contributed by atoms with Gasteiger partial charge in [-0.3, -0.25) is 4.90 Å². The van der Waals surface area contributed by atoms with Gasteiger partial charge in [-0.2, -0.15) is 0 Å². The number of rotatable bonds is 4. The van der Waals surface area contributed by atoms with Crippen LogP contribution in [0.3, 0.4) is 0 Å². The van der Waals surface area contributed by atoms with E-state index in [1.54, 1.807) is 12.5 Å². The van der Waals surface area contributed by atoms with E-state index < -0.39 is 6.10 Å². The Hall–Kier alpha value is -1.89. The maximum atomic E-state index is 10.4. The van der Waals surface area contributed by atoms with Crippen molar-refractivity contribution in [2.45, 2.75) is 6.10 Å². The fourth-order valence-electron chi connectivity index (χ4n) is 2.56. The molecule has 21 heavy (non-hydrogen) atoms. The minimum atomic E-state index is -0.583. The summed E-state index contributed by atoms with van der Waals surface area (Å²) in [5, 5.41) is 10.4. The molecule has 112 valence electrons. The van der Waals surface area contributed by atoms with Gasteiger partial charge in [-0.25, -0.2) is 4.98 Å². The van der Waals surface area contributed by atoms with Crippen molar-refractivity contribution in [3.63, 3.8) is 0 Å². The quantitative estimate of drug-likeness (QED) is 0.815. The van der Waals surface area contributed by atoms with Crippen LogP contribution in [-0.4, -0.2) is 52.4 Å². The van der Waals surface area contributed by atoms with Crippen molar-refractivity contribution in [1.82, 2.24) is 14.5 Å². The van der Waals surface area contributed by atoms with Gasteiger partial charge < -0.3 is 20.1 Å². The second-order valence-corrected chi connectivity index (χ2v) is 5.21. The lowest BCUT2D eigenvalue weighted by Crippen LogP contribution is -2.38. The number of morpholine rings is 1. The third kappa shape index (κ3) is 3.24. The van der Waals surface area contributed by atoms with E-state index in [9.17, 15) is 5.11 Å². The molecule has 1 aromatic heterocycles. The molecule has 0 spiro atoms. The van der Waals surface area contributed by atoms with Crippen molar-refractivity contribution in [2.75, 3.05) is 38.6 Å². The van der Waals surface area contributed by atoms with Crippen LogP contribution in [0.4, 0.5) is 5.69 Å². The minimum Gasteiger partial charge on any atom is -0.398 e. The molecule has 0 aliphatic carbocycles. The molecule has 2 aromatic rings. The third-order valence-corrected chi connectivity index (χ3v) is 3.77. The summed E-state index contributed by atoms with van der Waals surface area (Å²) in [5.74, 6) is 0. The summed E-state index contributed by atoms with van der Waals surface area (Å²) in [6.45, 7) is 3.73. The largest absolute Gasteiger partial charge is 0.398 e. The van der Waals surface area contributed by atoms with Gasteiger partial charge in [0, 0.05) is 49.0 Å². The van der Waals surface area contributed by atoms with E-state index in [1.165, 1.54) is 0 Å². The number of nitrogens with zero attached hydrogens (tertiary/aromatic N) is 3. The fraction of sp³-hybridized carbons (Fsp3) is 0.400. The van der Waals surface area contributed by atoms with Crippen LogP contribution in [-0.2, 0) is 4.74 Å². The van der Waals surface area contributed by atoms with Gasteiger partial charge in [0.15, 0.2) is 0 Å². The van der Waals surface area contributed by atoms with Crippen molar-refractivity contribution in [1.29, 1.82) is 0 Å². The fourth-order valence-corrected chi connectivity index (χ4v) is 2.56. The van der Waals surface area contributed by atoms with Gasteiger partial charge in [-0.05, 0) is 12.1 Å². The summed E-state index contributed by atoms with van der Waals surface area (Å²) in [7, 11) is 0. The first-order chi connectivity index (χ1) is 10.2. The molecule has 1 aromatic carbocycles. The zero-order valence-corrected chi connectivity index (χ0v) is 11.9. The summed E-state index contributed by atoms with van der Waals surface area (Å²) in [5.41, 5.74) is 8.40. The molecule has 0 saturated carbocycles. The first-order valence-electron chi connectivity index (χ1n) is 7.10. The van der Waals surface area contributed by atoms with Crippen LogP contribution in [0.1, 0.15) is 11.7 Å². The first-order valence-corrected chi connectivity index (χ1v) is 7.10. The lowest BCUT2D eigenvalue weighted by atomic mass is 10.1. The number of aromatic nitrogens is 2. The number of aliphatic hydroxyl groups is 1. The highest BCUT2D eigenvalue weighted by molar-refractivity contribution is 5.55. The van der Waals surface area contributed by atoms with E-state index >= 15 is 0 Å². The van der Waals surface area contributed by atoms with Crippen molar-refractivity contribution in [3.05, 3.63) is 42.5 Å². The molecule has 6 heteroatoms. The van der Waals surface area contributed by atoms with E-state index in [0.29, 0.717) is 12.2 Å². The Morgan fingerprint density at radius 3 is 2.81 bits per heavy atom. The summed E-state index contributed by atoms with van der Waals surface area (Å²) in [6, 6.07) is 5.69. The SMILES string of the molecule is Nc1cc(-n2ccnc2)ccc1C(O)CN1CCOCC1. The van der Waals surface area contributed by atoms with Gasteiger partial charge in [-0.1, -0.05) is 6.07 Å². The number of β-amino-alcohol motifs (C(OH)–C–C–N with tert-alkyl or cyclic N) is 1. The zero-order valence-electron chi connectivity index (χ0n) is 11.9. The highest BCUT2D eigenvalue weighted by Gasteiger charge is 2.18. The molecule has 1 fully saturated rings. The normalized spacial score (nSPS) is 17.8. The molecular weight excluding hydrogens is 268 g/mol. The molecule has 0 radical (unpaired) electrons. The second kappa shape index (κ2) is 6.26. The second-order valence-electron chi connectivity index (χ2n) is 5.21. The average molecular weight is 288 g/mol. The van der Waals surface area contributed by atoms with Crippen LogP contribution in [0.5, 0.6) is 0 Å². The number of imidazole rings is 1. The first kappa shape index (κ1) is 14.1. The number of ether oxygens (including phenoxy) is 1. The van der Waals surface area contributed by atoms with Crippen LogP contribution < -0.4 is 5.73 Å². The topological polar surface area (TPSA) is 76.5 Å². The molecule has 3 N–H and O–H groups in total. The molecule has 3 rings (SSSR count). The van der Waals surface area contributed by atoms with E-state index in [2.05, 4.69) is 9.88 Å². The van der Waals surface area contributed by atoms with Crippen molar-refractivity contribution in [3.8, 4) is 5.69 Å². The van der Waals surface area contributed by atoms with E-state index in [0.717, 1.165) is 37.6 Å². The Labute approximate surface area is 123 Å². The van der Waals surface area contributed by atoms with Gasteiger partial charge in [0.05, 0.1) is 25.6 Å². The lowest BCUT2D eigenvalue weighted by molar-refractivity contribution is 0.0145. The predicted octanol–water partition coefficient (Wildman–Crippen LogP) is 0.820.